The summed E-state index contributed by atoms with van der Waals surface area (Å²) >= 11 is 0. The van der Waals surface area contributed by atoms with E-state index in [4.69, 9.17) is 9.84 Å². The second kappa shape index (κ2) is 7.62. The van der Waals surface area contributed by atoms with Gasteiger partial charge in [-0.05, 0) is 11.6 Å². The minimum Gasteiger partial charge on any atom is -0.460 e. The normalized spacial score (nSPS) is 10.6. The summed E-state index contributed by atoms with van der Waals surface area (Å²) in [5.41, 5.74) is 0.936. The highest BCUT2D eigenvalue weighted by atomic mass is 16.6. The van der Waals surface area contributed by atoms with Gasteiger partial charge in [0.05, 0.1) is 6.61 Å². The second-order valence-corrected chi connectivity index (χ2v) is 2.95. The number of hydrogen-bond acceptors (Lipinski definition) is 4. The molecule has 4 nitrogen and oxygen atoms in total. The van der Waals surface area contributed by atoms with E-state index in [0.717, 1.165) is 5.56 Å². The van der Waals surface area contributed by atoms with Gasteiger partial charge in [-0.25, -0.2) is 4.79 Å². The maximum atomic E-state index is 11.2. The highest BCUT2D eigenvalue weighted by molar-refractivity contribution is 5.86. The first kappa shape index (κ1) is 12.4. The van der Waals surface area contributed by atoms with Crippen LogP contribution in [0.15, 0.2) is 36.4 Å². The number of benzene rings is 1. The second-order valence-electron chi connectivity index (χ2n) is 2.95. The van der Waals surface area contributed by atoms with Crippen LogP contribution in [0.3, 0.4) is 0 Å². The maximum absolute atomic E-state index is 11.2. The zero-order valence-electron chi connectivity index (χ0n) is 8.83. The summed E-state index contributed by atoms with van der Waals surface area (Å²) in [6.07, 6.45) is 3.03. The van der Waals surface area contributed by atoms with Crippen LogP contribution in [-0.2, 0) is 14.3 Å². The Hall–Kier alpha value is -1.65. The fraction of sp³-hybridized carbons (Fsp3) is 0.250. The summed E-state index contributed by atoms with van der Waals surface area (Å²) in [6, 6.07) is 9.46. The van der Waals surface area contributed by atoms with Gasteiger partial charge in [0, 0.05) is 6.08 Å². The van der Waals surface area contributed by atoms with Crippen LogP contribution in [0.2, 0.25) is 0 Å². The van der Waals surface area contributed by atoms with Gasteiger partial charge in [0.2, 0.25) is 0 Å². The van der Waals surface area contributed by atoms with Crippen molar-refractivity contribution in [2.45, 2.75) is 0 Å². The van der Waals surface area contributed by atoms with Gasteiger partial charge in [-0.2, -0.15) is 0 Å². The molecule has 0 spiro atoms. The summed E-state index contributed by atoms with van der Waals surface area (Å²) in [5.74, 6) is -0.426. The lowest BCUT2D eigenvalue weighted by Crippen LogP contribution is -2.08. The van der Waals surface area contributed by atoms with E-state index in [1.807, 2.05) is 30.3 Å². The van der Waals surface area contributed by atoms with Crippen LogP contribution < -0.4 is 0 Å². The number of aliphatic hydroxyl groups excluding tert-OH is 1. The third-order valence-corrected chi connectivity index (χ3v) is 1.77. The number of carbonyl (C=O) groups is 1. The van der Waals surface area contributed by atoms with Crippen molar-refractivity contribution in [3.05, 3.63) is 42.0 Å². The Balaban J connectivity index is 2.26. The Labute approximate surface area is 94.1 Å². The molecule has 0 amide bonds. The smallest absolute Gasteiger partial charge is 0.330 e. The van der Waals surface area contributed by atoms with Crippen LogP contribution in [0.4, 0.5) is 0 Å². The molecule has 0 heterocycles. The van der Waals surface area contributed by atoms with Gasteiger partial charge in [-0.3, -0.25) is 0 Å². The number of rotatable bonds is 6. The molecule has 1 N–H and O–H groups in total. The number of carbonyl (C=O) groups excluding carboxylic acids is 1. The highest BCUT2D eigenvalue weighted by Crippen LogP contribution is 2.00. The van der Waals surface area contributed by atoms with Gasteiger partial charge in [-0.1, -0.05) is 30.3 Å². The van der Waals surface area contributed by atoms with Gasteiger partial charge in [0.1, 0.15) is 13.4 Å². The quantitative estimate of drug-likeness (QED) is 0.340. The van der Waals surface area contributed by atoms with Crippen molar-refractivity contribution in [1.29, 1.82) is 0 Å². The van der Waals surface area contributed by atoms with Gasteiger partial charge >= 0.3 is 5.97 Å². The lowest BCUT2D eigenvalue weighted by Gasteiger charge is -2.00. The van der Waals surface area contributed by atoms with Crippen molar-refractivity contribution in [1.82, 2.24) is 0 Å². The maximum Gasteiger partial charge on any atom is 0.330 e. The molecular weight excluding hydrogens is 208 g/mol. The molecule has 1 aromatic rings. The Bertz CT molecular complexity index is 332. The average Bonchev–Trinajstić information content (AvgIpc) is 2.33. The molecule has 0 saturated heterocycles. The molecule has 0 saturated carbocycles. The topological polar surface area (TPSA) is 55.8 Å². The Kier molecular flexibility index (Phi) is 5.91. The third-order valence-electron chi connectivity index (χ3n) is 1.77. The summed E-state index contributed by atoms with van der Waals surface area (Å²) in [5, 5.41) is 8.31. The third kappa shape index (κ3) is 5.29. The van der Waals surface area contributed by atoms with E-state index in [2.05, 4.69) is 4.74 Å². The summed E-state index contributed by atoms with van der Waals surface area (Å²) < 4.78 is 9.40. The van der Waals surface area contributed by atoms with Gasteiger partial charge in [0.15, 0.2) is 0 Å². The molecule has 16 heavy (non-hydrogen) atoms. The number of aliphatic hydroxyl groups is 1. The molecule has 0 aliphatic rings. The van der Waals surface area contributed by atoms with Crippen LogP contribution >= 0.6 is 0 Å². The molecule has 0 fully saturated rings. The van der Waals surface area contributed by atoms with Crippen LogP contribution in [-0.4, -0.2) is 31.1 Å². The van der Waals surface area contributed by atoms with E-state index < -0.39 is 5.97 Å². The largest absolute Gasteiger partial charge is 0.460 e. The number of hydrogen-bond donors (Lipinski definition) is 1. The van der Waals surface area contributed by atoms with Crippen molar-refractivity contribution >= 4 is 12.0 Å². The molecule has 0 bridgehead atoms. The van der Waals surface area contributed by atoms with E-state index >= 15 is 0 Å². The molecule has 0 aliphatic carbocycles. The molecule has 4 heteroatoms. The summed E-state index contributed by atoms with van der Waals surface area (Å²) in [6.45, 7) is -0.0304. The van der Waals surface area contributed by atoms with E-state index in [1.54, 1.807) is 6.08 Å². The van der Waals surface area contributed by atoms with E-state index in [9.17, 15) is 4.79 Å². The van der Waals surface area contributed by atoms with Crippen molar-refractivity contribution in [3.63, 3.8) is 0 Å². The predicted octanol–water partition coefficient (Wildman–Crippen LogP) is 1.21. The van der Waals surface area contributed by atoms with Gasteiger partial charge < -0.3 is 14.6 Å². The highest BCUT2D eigenvalue weighted by Gasteiger charge is 1.96. The lowest BCUT2D eigenvalue weighted by molar-refractivity contribution is -0.140. The van der Waals surface area contributed by atoms with Crippen molar-refractivity contribution < 1.29 is 19.4 Å². The summed E-state index contributed by atoms with van der Waals surface area (Å²) in [7, 11) is 0. The first-order valence-corrected chi connectivity index (χ1v) is 4.91. The molecular formula is C12H14O4. The Morgan fingerprint density at radius 2 is 2.00 bits per heavy atom. The zero-order chi connectivity index (χ0) is 11.6. The number of ether oxygens (including phenoxy) is 2. The molecule has 0 radical (unpaired) electrons. The fourth-order valence-corrected chi connectivity index (χ4v) is 1.04. The monoisotopic (exact) mass is 222 g/mol. The summed E-state index contributed by atoms with van der Waals surface area (Å²) in [4.78, 5) is 11.2. The molecule has 86 valence electrons. The first-order chi connectivity index (χ1) is 7.83. The Morgan fingerprint density at radius 1 is 1.25 bits per heavy atom. The number of esters is 1. The standard InChI is InChI=1S/C12H14O4/c13-10-15-8-9-16-12(14)7-6-11-4-2-1-3-5-11/h1-7,13H,8-10H2/b7-6+. The van der Waals surface area contributed by atoms with Crippen molar-refractivity contribution in [3.8, 4) is 0 Å². The zero-order valence-corrected chi connectivity index (χ0v) is 8.83. The fourth-order valence-electron chi connectivity index (χ4n) is 1.04. The molecule has 1 aromatic carbocycles. The van der Waals surface area contributed by atoms with E-state index in [-0.39, 0.29) is 20.0 Å². The van der Waals surface area contributed by atoms with Crippen molar-refractivity contribution in [2.24, 2.45) is 0 Å². The minimum atomic E-state index is -0.426. The minimum absolute atomic E-state index is 0.137. The lowest BCUT2D eigenvalue weighted by atomic mass is 10.2. The van der Waals surface area contributed by atoms with E-state index in [0.29, 0.717) is 0 Å². The van der Waals surface area contributed by atoms with Crippen molar-refractivity contribution in [2.75, 3.05) is 20.0 Å². The van der Waals surface area contributed by atoms with Crippen LogP contribution in [0.5, 0.6) is 0 Å². The van der Waals surface area contributed by atoms with E-state index in [1.165, 1.54) is 6.08 Å². The Morgan fingerprint density at radius 3 is 2.69 bits per heavy atom. The predicted molar refractivity (Wildman–Crippen MR) is 59.5 cm³/mol. The first-order valence-electron chi connectivity index (χ1n) is 4.91. The SMILES string of the molecule is O=C(/C=C/c1ccccc1)OCCOCO. The van der Waals surface area contributed by atoms with Gasteiger partial charge in [0.25, 0.3) is 0 Å². The molecule has 0 unspecified atom stereocenters. The molecule has 0 aliphatic heterocycles. The van der Waals surface area contributed by atoms with Crippen LogP contribution in [0, 0.1) is 0 Å². The van der Waals surface area contributed by atoms with Crippen LogP contribution in [0.1, 0.15) is 5.56 Å². The van der Waals surface area contributed by atoms with Crippen LogP contribution in [0.25, 0.3) is 6.08 Å². The van der Waals surface area contributed by atoms with Gasteiger partial charge in [-0.15, -0.1) is 0 Å². The molecule has 0 atom stereocenters. The molecule has 1 rings (SSSR count). The average molecular weight is 222 g/mol. The molecule has 0 aromatic heterocycles.